The van der Waals surface area contributed by atoms with Crippen molar-refractivity contribution >= 4 is 11.6 Å². The van der Waals surface area contributed by atoms with E-state index in [-0.39, 0.29) is 24.5 Å². The molecule has 1 aromatic heterocycles. The molecule has 5 nitrogen and oxygen atoms in total. The van der Waals surface area contributed by atoms with Crippen LogP contribution in [0.5, 0.6) is 0 Å². The smallest absolute Gasteiger partial charge is 0.257 e. The van der Waals surface area contributed by atoms with E-state index in [9.17, 15) is 4.79 Å². The van der Waals surface area contributed by atoms with Crippen LogP contribution in [0.25, 0.3) is 0 Å². The summed E-state index contributed by atoms with van der Waals surface area (Å²) in [6.07, 6.45) is 2.27. The summed E-state index contributed by atoms with van der Waals surface area (Å²) < 4.78 is 5.61. The summed E-state index contributed by atoms with van der Waals surface area (Å²) in [5.74, 6) is 0.677. The SMILES string of the molecule is Cc1ccc(C2=NN(C(=O)CN[C@@H](C)c3ccccc3)[C@H](c3ccco3)C2)cc1. The predicted octanol–water partition coefficient (Wildman–Crippen LogP) is 4.62. The maximum Gasteiger partial charge on any atom is 0.257 e. The van der Waals surface area contributed by atoms with Gasteiger partial charge in [0.1, 0.15) is 11.8 Å². The Hall–Kier alpha value is -3.18. The molecule has 5 heteroatoms. The average molecular weight is 387 g/mol. The summed E-state index contributed by atoms with van der Waals surface area (Å²) in [4.78, 5) is 13.0. The van der Waals surface area contributed by atoms with E-state index in [4.69, 9.17) is 4.42 Å². The normalized spacial score (nSPS) is 17.2. The molecule has 0 saturated heterocycles. The molecule has 0 saturated carbocycles. The molecule has 4 rings (SSSR count). The average Bonchev–Trinajstić information content (AvgIpc) is 3.43. The summed E-state index contributed by atoms with van der Waals surface area (Å²) in [6, 6.07) is 21.9. The molecular weight excluding hydrogens is 362 g/mol. The Kier molecular flexibility index (Phi) is 5.58. The maximum atomic E-state index is 13.0. The first-order valence-corrected chi connectivity index (χ1v) is 9.90. The molecule has 0 spiro atoms. The number of carbonyl (C=O) groups is 1. The Morgan fingerprint density at radius 3 is 2.59 bits per heavy atom. The largest absolute Gasteiger partial charge is 0.467 e. The highest BCUT2D eigenvalue weighted by molar-refractivity contribution is 6.03. The quantitative estimate of drug-likeness (QED) is 0.672. The lowest BCUT2D eigenvalue weighted by atomic mass is 10.0. The zero-order chi connectivity index (χ0) is 20.2. The number of benzene rings is 2. The van der Waals surface area contributed by atoms with Crippen LogP contribution in [-0.2, 0) is 4.79 Å². The topological polar surface area (TPSA) is 57.8 Å². The second-order valence-corrected chi connectivity index (χ2v) is 7.40. The highest BCUT2D eigenvalue weighted by Gasteiger charge is 2.34. The number of hydrogen-bond donors (Lipinski definition) is 1. The van der Waals surface area contributed by atoms with Crippen LogP contribution in [0.4, 0.5) is 0 Å². The highest BCUT2D eigenvalue weighted by atomic mass is 16.3. The predicted molar refractivity (Wildman–Crippen MR) is 113 cm³/mol. The van der Waals surface area contributed by atoms with E-state index in [1.807, 2.05) is 30.3 Å². The van der Waals surface area contributed by atoms with Crippen molar-refractivity contribution in [3.63, 3.8) is 0 Å². The molecule has 148 valence electrons. The number of nitrogens with zero attached hydrogens (tertiary/aromatic N) is 2. The first-order valence-electron chi connectivity index (χ1n) is 9.90. The van der Waals surface area contributed by atoms with Crippen LogP contribution in [-0.4, -0.2) is 23.2 Å². The zero-order valence-electron chi connectivity index (χ0n) is 16.7. The minimum absolute atomic E-state index is 0.0729. The standard InChI is InChI=1S/C24H25N3O2/c1-17-10-12-20(13-11-17)21-15-22(23-9-6-14-29-23)27(26-21)24(28)16-25-18(2)19-7-4-3-5-8-19/h3-14,18,22,25H,15-16H2,1-2H3/t18-,22-/m0/s1. The Morgan fingerprint density at radius 1 is 1.14 bits per heavy atom. The summed E-state index contributed by atoms with van der Waals surface area (Å²) >= 11 is 0. The van der Waals surface area contributed by atoms with Gasteiger partial charge < -0.3 is 9.73 Å². The summed E-state index contributed by atoms with van der Waals surface area (Å²) in [5, 5.41) is 9.56. The van der Waals surface area contributed by atoms with E-state index >= 15 is 0 Å². The van der Waals surface area contributed by atoms with Crippen molar-refractivity contribution in [1.29, 1.82) is 0 Å². The molecule has 2 heterocycles. The molecule has 1 N–H and O–H groups in total. The molecule has 29 heavy (non-hydrogen) atoms. The van der Waals surface area contributed by atoms with Crippen molar-refractivity contribution in [2.24, 2.45) is 5.10 Å². The molecule has 1 amide bonds. The number of furan rings is 1. The van der Waals surface area contributed by atoms with Gasteiger partial charge in [-0.05, 0) is 37.1 Å². The van der Waals surface area contributed by atoms with Crippen molar-refractivity contribution in [3.05, 3.63) is 95.4 Å². The van der Waals surface area contributed by atoms with Crippen LogP contribution < -0.4 is 5.32 Å². The number of carbonyl (C=O) groups excluding carboxylic acids is 1. The van der Waals surface area contributed by atoms with E-state index in [0.29, 0.717) is 6.42 Å². The van der Waals surface area contributed by atoms with Gasteiger partial charge in [0.05, 0.1) is 18.5 Å². The number of amides is 1. The van der Waals surface area contributed by atoms with Crippen LogP contribution in [0, 0.1) is 6.92 Å². The third-order valence-electron chi connectivity index (χ3n) is 5.28. The van der Waals surface area contributed by atoms with E-state index in [2.05, 4.69) is 60.7 Å². The zero-order valence-corrected chi connectivity index (χ0v) is 16.7. The molecule has 3 aromatic rings. The van der Waals surface area contributed by atoms with E-state index < -0.39 is 0 Å². The summed E-state index contributed by atoms with van der Waals surface area (Å²) in [5.41, 5.74) is 4.28. The van der Waals surface area contributed by atoms with Crippen molar-refractivity contribution in [3.8, 4) is 0 Å². The number of hydrogen-bond acceptors (Lipinski definition) is 4. The Morgan fingerprint density at radius 2 is 1.90 bits per heavy atom. The van der Waals surface area contributed by atoms with Gasteiger partial charge in [-0.15, -0.1) is 0 Å². The Bertz CT molecular complexity index is 979. The fourth-order valence-corrected chi connectivity index (χ4v) is 3.54. The molecule has 1 aliphatic rings. The van der Waals surface area contributed by atoms with Gasteiger partial charge >= 0.3 is 0 Å². The number of nitrogens with one attached hydrogen (secondary N) is 1. The molecule has 2 aromatic carbocycles. The first kappa shape index (κ1) is 19.2. The van der Waals surface area contributed by atoms with Gasteiger partial charge in [0.15, 0.2) is 0 Å². The Balaban J connectivity index is 1.51. The van der Waals surface area contributed by atoms with Crippen LogP contribution in [0.15, 0.2) is 82.5 Å². The minimum atomic E-state index is -0.220. The van der Waals surface area contributed by atoms with Crippen molar-refractivity contribution in [2.75, 3.05) is 6.54 Å². The minimum Gasteiger partial charge on any atom is -0.467 e. The molecular formula is C24H25N3O2. The number of aryl methyl sites for hydroxylation is 1. The van der Waals surface area contributed by atoms with Gasteiger partial charge in [-0.2, -0.15) is 5.10 Å². The summed E-state index contributed by atoms with van der Waals surface area (Å²) in [7, 11) is 0. The monoisotopic (exact) mass is 387 g/mol. The Labute approximate surface area is 171 Å². The van der Waals surface area contributed by atoms with Crippen LogP contribution in [0.3, 0.4) is 0 Å². The lowest BCUT2D eigenvalue weighted by molar-refractivity contribution is -0.132. The second kappa shape index (κ2) is 8.45. The fraction of sp³-hybridized carbons (Fsp3) is 0.250. The first-order chi connectivity index (χ1) is 14.1. The fourth-order valence-electron chi connectivity index (χ4n) is 3.54. The summed E-state index contributed by atoms with van der Waals surface area (Å²) in [6.45, 7) is 4.32. The van der Waals surface area contributed by atoms with Crippen LogP contribution >= 0.6 is 0 Å². The van der Waals surface area contributed by atoms with Gasteiger partial charge in [-0.1, -0.05) is 60.2 Å². The van der Waals surface area contributed by atoms with E-state index in [1.165, 1.54) is 5.56 Å². The van der Waals surface area contributed by atoms with Crippen molar-refractivity contribution < 1.29 is 9.21 Å². The molecule has 1 aliphatic heterocycles. The third-order valence-corrected chi connectivity index (χ3v) is 5.28. The van der Waals surface area contributed by atoms with Crippen molar-refractivity contribution in [2.45, 2.75) is 32.4 Å². The third kappa shape index (κ3) is 4.30. The molecule has 0 bridgehead atoms. The molecule has 0 aliphatic carbocycles. The second-order valence-electron chi connectivity index (χ2n) is 7.40. The lowest BCUT2D eigenvalue weighted by Crippen LogP contribution is -2.36. The molecule has 0 fully saturated rings. The molecule has 0 unspecified atom stereocenters. The van der Waals surface area contributed by atoms with Gasteiger partial charge in [0, 0.05) is 12.5 Å². The van der Waals surface area contributed by atoms with Crippen LogP contribution in [0.1, 0.15) is 47.9 Å². The molecule has 0 radical (unpaired) electrons. The molecule has 2 atom stereocenters. The number of rotatable bonds is 6. The van der Waals surface area contributed by atoms with E-state index in [1.54, 1.807) is 11.3 Å². The number of hydrazone groups is 1. The maximum absolute atomic E-state index is 13.0. The highest BCUT2D eigenvalue weighted by Crippen LogP contribution is 2.33. The van der Waals surface area contributed by atoms with E-state index in [0.717, 1.165) is 22.6 Å². The van der Waals surface area contributed by atoms with Crippen molar-refractivity contribution in [1.82, 2.24) is 10.3 Å². The van der Waals surface area contributed by atoms with Gasteiger partial charge in [-0.3, -0.25) is 4.79 Å². The van der Waals surface area contributed by atoms with Crippen LogP contribution in [0.2, 0.25) is 0 Å². The van der Waals surface area contributed by atoms with Gasteiger partial charge in [0.2, 0.25) is 0 Å². The lowest BCUT2D eigenvalue weighted by Gasteiger charge is -2.21. The van der Waals surface area contributed by atoms with Gasteiger partial charge in [0.25, 0.3) is 5.91 Å². The van der Waals surface area contributed by atoms with Gasteiger partial charge in [-0.25, -0.2) is 5.01 Å².